The van der Waals surface area contributed by atoms with Crippen molar-refractivity contribution in [3.63, 3.8) is 0 Å². The van der Waals surface area contributed by atoms with Gasteiger partial charge < -0.3 is 5.73 Å². The highest BCUT2D eigenvalue weighted by Crippen LogP contribution is 2.37. The van der Waals surface area contributed by atoms with Gasteiger partial charge in [-0.3, -0.25) is 0 Å². The summed E-state index contributed by atoms with van der Waals surface area (Å²) in [5, 5.41) is 14.1. The molecule has 0 atom stereocenters. The Morgan fingerprint density at radius 2 is 2.20 bits per heavy atom. The zero-order valence-corrected chi connectivity index (χ0v) is 9.24. The summed E-state index contributed by atoms with van der Waals surface area (Å²) in [5.41, 5.74) is 5.96. The molecule has 1 aliphatic carbocycles. The van der Waals surface area contributed by atoms with Crippen molar-refractivity contribution in [2.45, 2.75) is 51.0 Å². The minimum atomic E-state index is -0.336. The van der Waals surface area contributed by atoms with Gasteiger partial charge in [0.05, 0.1) is 5.54 Å². The van der Waals surface area contributed by atoms with Gasteiger partial charge >= 0.3 is 0 Å². The molecule has 0 aliphatic heterocycles. The van der Waals surface area contributed by atoms with E-state index in [4.69, 9.17) is 5.73 Å². The number of nitrogens with one attached hydrogen (secondary N) is 1. The normalized spacial score (nSPS) is 31.7. The third kappa shape index (κ3) is 2.17. The molecule has 1 aromatic heterocycles. The highest BCUT2D eigenvalue weighted by Gasteiger charge is 2.36. The first-order chi connectivity index (χ1) is 7.24. The van der Waals surface area contributed by atoms with Crippen molar-refractivity contribution in [1.82, 2.24) is 20.6 Å². The van der Waals surface area contributed by atoms with Gasteiger partial charge in [-0.2, -0.15) is 5.21 Å². The molecule has 0 aromatic carbocycles. The number of tetrazole rings is 1. The summed E-state index contributed by atoms with van der Waals surface area (Å²) in [5.74, 6) is 1.52. The largest absolute Gasteiger partial charge is 0.319 e. The summed E-state index contributed by atoms with van der Waals surface area (Å²) in [6.07, 6.45) is 6.94. The Hall–Kier alpha value is -0.970. The molecular formula is C10H19N5. The van der Waals surface area contributed by atoms with Crippen LogP contribution in [0.15, 0.2) is 0 Å². The maximum Gasteiger partial charge on any atom is 0.194 e. The van der Waals surface area contributed by atoms with Gasteiger partial charge in [-0.1, -0.05) is 25.0 Å². The van der Waals surface area contributed by atoms with E-state index in [1.54, 1.807) is 0 Å². The molecule has 0 radical (unpaired) electrons. The lowest BCUT2D eigenvalue weighted by atomic mass is 9.75. The van der Waals surface area contributed by atoms with E-state index in [1.165, 1.54) is 25.7 Å². The van der Waals surface area contributed by atoms with Crippen LogP contribution in [0.25, 0.3) is 0 Å². The highest BCUT2D eigenvalue weighted by molar-refractivity contribution is 5.03. The maximum atomic E-state index is 6.30. The summed E-state index contributed by atoms with van der Waals surface area (Å²) >= 11 is 0. The van der Waals surface area contributed by atoms with E-state index in [0.29, 0.717) is 5.82 Å². The van der Waals surface area contributed by atoms with Gasteiger partial charge in [0.2, 0.25) is 0 Å². The summed E-state index contributed by atoms with van der Waals surface area (Å²) < 4.78 is 0. The molecule has 0 amide bonds. The average Bonchev–Trinajstić information content (AvgIpc) is 2.76. The molecule has 1 aliphatic rings. The second kappa shape index (κ2) is 4.26. The van der Waals surface area contributed by atoms with E-state index < -0.39 is 0 Å². The standard InChI is InChI=1S/C10H19N5/c1-2-3-8-4-6-10(11,7-5-8)9-12-14-15-13-9/h8H,2-7,11H2,1H3,(H,12,13,14,15). The number of hydrogen-bond acceptors (Lipinski definition) is 4. The van der Waals surface area contributed by atoms with E-state index in [0.717, 1.165) is 18.8 Å². The van der Waals surface area contributed by atoms with Crippen LogP contribution in [0.2, 0.25) is 0 Å². The van der Waals surface area contributed by atoms with Crippen molar-refractivity contribution in [1.29, 1.82) is 0 Å². The summed E-state index contributed by atoms with van der Waals surface area (Å²) in [6, 6.07) is 0. The van der Waals surface area contributed by atoms with Crippen LogP contribution in [0.1, 0.15) is 51.3 Å². The molecule has 5 nitrogen and oxygen atoms in total. The second-order valence-electron chi connectivity index (χ2n) is 4.62. The molecule has 1 fully saturated rings. The molecule has 0 saturated heterocycles. The lowest BCUT2D eigenvalue weighted by Crippen LogP contribution is -2.41. The minimum Gasteiger partial charge on any atom is -0.319 e. The van der Waals surface area contributed by atoms with Crippen LogP contribution in [0.5, 0.6) is 0 Å². The molecule has 1 heterocycles. The topological polar surface area (TPSA) is 80.5 Å². The molecule has 0 unspecified atom stereocenters. The van der Waals surface area contributed by atoms with E-state index in [1.807, 2.05) is 0 Å². The van der Waals surface area contributed by atoms with Crippen LogP contribution < -0.4 is 5.73 Å². The zero-order valence-electron chi connectivity index (χ0n) is 9.24. The van der Waals surface area contributed by atoms with Crippen LogP contribution in [0.4, 0.5) is 0 Å². The predicted molar refractivity (Wildman–Crippen MR) is 56.9 cm³/mol. The number of nitrogens with zero attached hydrogens (tertiary/aromatic N) is 3. The van der Waals surface area contributed by atoms with Gasteiger partial charge in [0.15, 0.2) is 5.82 Å². The molecular weight excluding hydrogens is 190 g/mol. The first kappa shape index (κ1) is 10.5. The summed E-state index contributed by atoms with van der Waals surface area (Å²) in [7, 11) is 0. The number of hydrogen-bond donors (Lipinski definition) is 2. The third-order valence-corrected chi connectivity index (χ3v) is 3.48. The number of aromatic amines is 1. The highest BCUT2D eigenvalue weighted by atomic mass is 15.5. The van der Waals surface area contributed by atoms with Gasteiger partial charge in [-0.25, -0.2) is 0 Å². The molecule has 2 rings (SSSR count). The average molecular weight is 209 g/mol. The van der Waals surface area contributed by atoms with Crippen molar-refractivity contribution >= 4 is 0 Å². The number of rotatable bonds is 3. The van der Waals surface area contributed by atoms with E-state index >= 15 is 0 Å². The Morgan fingerprint density at radius 3 is 2.73 bits per heavy atom. The lowest BCUT2D eigenvalue weighted by molar-refractivity contribution is 0.217. The van der Waals surface area contributed by atoms with E-state index in [2.05, 4.69) is 27.5 Å². The number of nitrogens with two attached hydrogens (primary N) is 1. The third-order valence-electron chi connectivity index (χ3n) is 3.48. The quantitative estimate of drug-likeness (QED) is 0.787. The fourth-order valence-corrected chi connectivity index (χ4v) is 2.49. The molecule has 1 aromatic rings. The molecule has 5 heteroatoms. The van der Waals surface area contributed by atoms with Gasteiger partial charge in [-0.05, 0) is 31.6 Å². The smallest absolute Gasteiger partial charge is 0.194 e. The van der Waals surface area contributed by atoms with Crippen molar-refractivity contribution in [3.05, 3.63) is 5.82 Å². The van der Waals surface area contributed by atoms with Crippen molar-refractivity contribution in [2.75, 3.05) is 0 Å². The molecule has 0 bridgehead atoms. The second-order valence-corrected chi connectivity index (χ2v) is 4.62. The predicted octanol–water partition coefficient (Wildman–Crippen LogP) is 1.34. The molecule has 0 spiro atoms. The Kier molecular flexibility index (Phi) is 3.00. The lowest BCUT2D eigenvalue weighted by Gasteiger charge is -2.34. The van der Waals surface area contributed by atoms with Crippen molar-refractivity contribution in [3.8, 4) is 0 Å². The fourth-order valence-electron chi connectivity index (χ4n) is 2.49. The van der Waals surface area contributed by atoms with Crippen LogP contribution in [-0.4, -0.2) is 20.6 Å². The van der Waals surface area contributed by atoms with Gasteiger partial charge in [0.25, 0.3) is 0 Å². The van der Waals surface area contributed by atoms with E-state index in [-0.39, 0.29) is 5.54 Å². The molecule has 15 heavy (non-hydrogen) atoms. The maximum absolute atomic E-state index is 6.30. The molecule has 84 valence electrons. The van der Waals surface area contributed by atoms with Crippen molar-refractivity contribution < 1.29 is 0 Å². The Labute approximate surface area is 89.8 Å². The number of H-pyrrole nitrogens is 1. The SMILES string of the molecule is CCCC1CCC(N)(c2nn[nH]n2)CC1. The summed E-state index contributed by atoms with van der Waals surface area (Å²) in [6.45, 7) is 2.24. The van der Waals surface area contributed by atoms with Crippen LogP contribution in [0.3, 0.4) is 0 Å². The number of aromatic nitrogens is 4. The Morgan fingerprint density at radius 1 is 1.47 bits per heavy atom. The zero-order chi connectivity index (χ0) is 10.7. The van der Waals surface area contributed by atoms with Crippen molar-refractivity contribution in [2.24, 2.45) is 11.7 Å². The Balaban J connectivity index is 1.97. The monoisotopic (exact) mass is 209 g/mol. The van der Waals surface area contributed by atoms with Gasteiger partial charge in [0.1, 0.15) is 0 Å². The van der Waals surface area contributed by atoms with E-state index in [9.17, 15) is 0 Å². The first-order valence-electron chi connectivity index (χ1n) is 5.77. The fraction of sp³-hybridized carbons (Fsp3) is 0.900. The van der Waals surface area contributed by atoms with Gasteiger partial charge in [-0.15, -0.1) is 10.2 Å². The van der Waals surface area contributed by atoms with Crippen LogP contribution >= 0.6 is 0 Å². The van der Waals surface area contributed by atoms with Crippen LogP contribution in [0, 0.1) is 5.92 Å². The Bertz CT molecular complexity index is 287. The molecule has 3 N–H and O–H groups in total. The first-order valence-corrected chi connectivity index (χ1v) is 5.77. The summed E-state index contributed by atoms with van der Waals surface area (Å²) in [4.78, 5) is 0. The van der Waals surface area contributed by atoms with Crippen LogP contribution in [-0.2, 0) is 5.54 Å². The molecule has 1 saturated carbocycles. The van der Waals surface area contributed by atoms with Gasteiger partial charge in [0, 0.05) is 0 Å². The minimum absolute atomic E-state index is 0.336.